The third-order valence-corrected chi connectivity index (χ3v) is 9.88. The molecule has 4 unspecified atom stereocenters. The Labute approximate surface area is 301 Å². The number of phosphoric acid groups is 1. The third-order valence-electron chi connectivity index (χ3n) is 8.87. The van der Waals surface area contributed by atoms with Crippen molar-refractivity contribution in [1.29, 1.82) is 0 Å². The van der Waals surface area contributed by atoms with Crippen molar-refractivity contribution in [2.75, 3.05) is 31.3 Å². The van der Waals surface area contributed by atoms with Crippen molar-refractivity contribution >= 4 is 30.9 Å². The van der Waals surface area contributed by atoms with Gasteiger partial charge in [-0.05, 0) is 11.1 Å². The van der Waals surface area contributed by atoms with Crippen LogP contribution in [0.4, 0.5) is 11.9 Å². The highest BCUT2D eigenvalue weighted by molar-refractivity contribution is 7.47. The van der Waals surface area contributed by atoms with Gasteiger partial charge in [0.05, 0.1) is 45.5 Å². The highest BCUT2D eigenvalue weighted by atomic mass is 31.2. The monoisotopic (exact) mass is 751 g/mol. The van der Waals surface area contributed by atoms with Gasteiger partial charge in [0.25, 0.3) is 5.56 Å². The number of H-pyrrole nitrogens is 1. The molecule has 3 aromatic heterocycles. The van der Waals surface area contributed by atoms with Crippen LogP contribution in [0.15, 0.2) is 82.9 Å². The van der Waals surface area contributed by atoms with Gasteiger partial charge >= 0.3 is 13.5 Å². The lowest BCUT2D eigenvalue weighted by atomic mass is 10.0. The molecule has 0 saturated carbocycles. The average molecular weight is 752 g/mol. The zero-order valence-electron chi connectivity index (χ0n) is 28.2. The maximum Gasteiger partial charge on any atom is 0.472 e. The zero-order valence-corrected chi connectivity index (χ0v) is 29.1. The molecule has 5 aromatic rings. The predicted molar refractivity (Wildman–Crippen MR) is 187 cm³/mol. The van der Waals surface area contributed by atoms with Gasteiger partial charge in [-0.3, -0.25) is 23.4 Å². The number of hydrogen-bond acceptors (Lipinski definition) is 15. The average Bonchev–Trinajstić information content (AvgIpc) is 3.84. The number of nitrogens with two attached hydrogens (primary N) is 2. The summed E-state index contributed by atoms with van der Waals surface area (Å²) in [4.78, 5) is 54.3. The van der Waals surface area contributed by atoms with E-state index in [9.17, 15) is 19.0 Å². The summed E-state index contributed by atoms with van der Waals surface area (Å²) in [5, 5.41) is 0. The maximum absolute atomic E-state index is 13.5. The Hall–Kier alpha value is -4.85. The zero-order chi connectivity index (χ0) is 37.0. The first kappa shape index (κ1) is 36.5. The molecular formula is C33H38N9O10P. The molecule has 20 heteroatoms. The molecule has 6 N–H and O–H groups in total. The lowest BCUT2D eigenvalue weighted by Gasteiger charge is -2.25. The van der Waals surface area contributed by atoms with E-state index in [4.69, 9.17) is 39.5 Å². The van der Waals surface area contributed by atoms with E-state index in [1.807, 2.05) is 60.7 Å². The van der Waals surface area contributed by atoms with Gasteiger partial charge in [-0.1, -0.05) is 60.7 Å². The Balaban J connectivity index is 1.04. The van der Waals surface area contributed by atoms with Gasteiger partial charge in [0.2, 0.25) is 11.9 Å². The van der Waals surface area contributed by atoms with E-state index in [0.29, 0.717) is 5.65 Å². The van der Waals surface area contributed by atoms with Crippen LogP contribution in [-0.2, 0) is 52.3 Å². The van der Waals surface area contributed by atoms with E-state index >= 15 is 0 Å². The molecule has 2 aliphatic heterocycles. The number of anilines is 2. The SMILES string of the molecule is Nc1ncn([C@H]2CC(OP(=O)(O)OC[C@H]3OCC(Cn4cnc5c(=O)[nH]c(N)nc54)C3OCc3ccccc3)[C@@H](COCc3ccccc3)O2)c(=O)n1. The number of aromatic nitrogens is 7. The van der Waals surface area contributed by atoms with Gasteiger partial charge in [0, 0.05) is 18.9 Å². The largest absolute Gasteiger partial charge is 0.472 e. The number of ether oxygens (including phenoxy) is 4. The number of nitrogen functional groups attached to an aromatic ring is 2. The van der Waals surface area contributed by atoms with Crippen molar-refractivity contribution in [1.82, 2.24) is 34.1 Å². The van der Waals surface area contributed by atoms with E-state index in [0.717, 1.165) is 15.7 Å². The molecule has 2 fully saturated rings. The molecule has 0 bridgehead atoms. The van der Waals surface area contributed by atoms with E-state index in [-0.39, 0.29) is 69.3 Å². The third kappa shape index (κ3) is 8.86. The van der Waals surface area contributed by atoms with Gasteiger partial charge in [0.15, 0.2) is 11.2 Å². The number of phosphoric ester groups is 1. The number of nitrogens with zero attached hydrogens (tertiary/aromatic N) is 6. The Morgan fingerprint density at radius 1 is 0.943 bits per heavy atom. The van der Waals surface area contributed by atoms with Crippen LogP contribution in [0.3, 0.4) is 0 Å². The summed E-state index contributed by atoms with van der Waals surface area (Å²) in [5.41, 5.74) is 12.4. The molecule has 2 saturated heterocycles. The topological polar surface area (TPSA) is 256 Å². The molecule has 280 valence electrons. The van der Waals surface area contributed by atoms with Gasteiger partial charge in [-0.2, -0.15) is 9.97 Å². The fraction of sp³-hybridized carbons (Fsp3) is 0.394. The van der Waals surface area contributed by atoms with E-state index in [1.54, 1.807) is 4.57 Å². The number of aromatic amines is 1. The number of fused-ring (bicyclic) bond motifs is 1. The first-order valence-corrected chi connectivity index (χ1v) is 18.2. The molecule has 53 heavy (non-hydrogen) atoms. The summed E-state index contributed by atoms with van der Waals surface area (Å²) in [6.45, 7) is 0.560. The Kier molecular flexibility index (Phi) is 11.0. The molecule has 5 heterocycles. The van der Waals surface area contributed by atoms with Crippen molar-refractivity contribution in [3.63, 3.8) is 0 Å². The van der Waals surface area contributed by atoms with Crippen LogP contribution in [0.25, 0.3) is 11.2 Å². The van der Waals surface area contributed by atoms with Crippen molar-refractivity contribution in [2.45, 2.75) is 56.8 Å². The van der Waals surface area contributed by atoms with Crippen LogP contribution >= 0.6 is 7.82 Å². The Morgan fingerprint density at radius 2 is 1.68 bits per heavy atom. The lowest BCUT2D eigenvalue weighted by Crippen LogP contribution is -2.35. The number of imidazole rings is 1. The first-order valence-electron chi connectivity index (χ1n) is 16.7. The summed E-state index contributed by atoms with van der Waals surface area (Å²) in [5.74, 6) is -0.557. The van der Waals surface area contributed by atoms with Crippen LogP contribution in [-0.4, -0.2) is 83.2 Å². The Bertz CT molecular complexity index is 2170. The minimum absolute atomic E-state index is 0.0223. The molecule has 2 aromatic carbocycles. The summed E-state index contributed by atoms with van der Waals surface area (Å²) >= 11 is 0. The minimum atomic E-state index is -4.77. The first-order chi connectivity index (χ1) is 25.6. The molecule has 0 aliphatic carbocycles. The number of nitrogens with one attached hydrogen (secondary N) is 1. The van der Waals surface area contributed by atoms with Crippen molar-refractivity contribution in [3.8, 4) is 0 Å². The molecular weight excluding hydrogens is 713 g/mol. The molecule has 19 nitrogen and oxygen atoms in total. The molecule has 7 atom stereocenters. The number of benzene rings is 2. The van der Waals surface area contributed by atoms with Crippen molar-refractivity contribution in [2.24, 2.45) is 5.92 Å². The number of hydrogen-bond donors (Lipinski definition) is 4. The quantitative estimate of drug-likeness (QED) is 0.111. The summed E-state index contributed by atoms with van der Waals surface area (Å²) in [6.07, 6.45) is -1.59. The van der Waals surface area contributed by atoms with Crippen LogP contribution < -0.4 is 22.7 Å². The fourth-order valence-corrected chi connectivity index (χ4v) is 7.29. The number of rotatable bonds is 15. The van der Waals surface area contributed by atoms with Gasteiger partial charge in [-0.15, -0.1) is 0 Å². The molecule has 0 spiro atoms. The normalized spacial score (nSPS) is 24.1. The Morgan fingerprint density at radius 3 is 2.42 bits per heavy atom. The highest BCUT2D eigenvalue weighted by Gasteiger charge is 2.44. The molecule has 0 radical (unpaired) electrons. The van der Waals surface area contributed by atoms with Crippen molar-refractivity contribution < 1.29 is 37.5 Å². The predicted octanol–water partition coefficient (Wildman–Crippen LogP) is 1.54. The van der Waals surface area contributed by atoms with Gasteiger partial charge in [-0.25, -0.2) is 19.3 Å². The molecule has 2 aliphatic rings. The summed E-state index contributed by atoms with van der Waals surface area (Å²) in [7, 11) is -4.77. The van der Waals surface area contributed by atoms with Gasteiger partial charge < -0.3 is 39.9 Å². The summed E-state index contributed by atoms with van der Waals surface area (Å²) in [6, 6.07) is 18.9. The van der Waals surface area contributed by atoms with Crippen LogP contribution in [0.2, 0.25) is 0 Å². The van der Waals surface area contributed by atoms with Gasteiger partial charge in [0.1, 0.15) is 30.9 Å². The fourth-order valence-electron chi connectivity index (χ4n) is 6.33. The van der Waals surface area contributed by atoms with E-state index in [2.05, 4.69) is 24.9 Å². The summed E-state index contributed by atoms with van der Waals surface area (Å²) < 4.78 is 51.9. The smallest absolute Gasteiger partial charge is 0.374 e. The van der Waals surface area contributed by atoms with Crippen LogP contribution in [0.1, 0.15) is 23.8 Å². The van der Waals surface area contributed by atoms with Crippen molar-refractivity contribution in [3.05, 3.63) is 105 Å². The van der Waals surface area contributed by atoms with Crippen LogP contribution in [0.5, 0.6) is 0 Å². The highest BCUT2D eigenvalue weighted by Crippen LogP contribution is 2.49. The minimum Gasteiger partial charge on any atom is -0.374 e. The lowest BCUT2D eigenvalue weighted by molar-refractivity contribution is -0.0705. The van der Waals surface area contributed by atoms with E-state index < -0.39 is 49.7 Å². The second kappa shape index (κ2) is 16.0. The van der Waals surface area contributed by atoms with Crippen LogP contribution in [0, 0.1) is 5.92 Å². The maximum atomic E-state index is 13.5. The van der Waals surface area contributed by atoms with E-state index in [1.165, 1.54) is 12.7 Å². The molecule has 0 amide bonds. The molecule has 7 rings (SSSR count). The second-order valence-electron chi connectivity index (χ2n) is 12.6. The second-order valence-corrected chi connectivity index (χ2v) is 14.0. The standard InChI is InChI=1S/C33H38N9O10P/c34-31-37-19-42(33(44)40-31)26-11-23(24(51-26)16-47-13-20-7-3-1-4-8-20)52-53(45,46)50-17-25-28(49-14-21-9-5-2-6-10-21)22(15-48-25)12-41-18-36-27-29(41)38-32(35)39-30(27)43/h1-10,18-19,22-26,28H,11-17H2,(H,45,46)(H2,34,40,44)(H3,35,38,39,43)/t22?,23?,24-,25-,26-,28?/m1/s1.